The van der Waals surface area contributed by atoms with Crippen LogP contribution in [0, 0.1) is 17.3 Å². The molecule has 1 aromatic heterocycles. The molecule has 0 bridgehead atoms. The molecule has 2 nitrogen and oxygen atoms in total. The fraction of sp³-hybridized carbons (Fsp3) is 0.706. The maximum Gasteiger partial charge on any atom is 0.0623 e. The topological polar surface area (TPSA) is 33.1 Å². The average molecular weight is 340 g/mol. The van der Waals surface area contributed by atoms with Crippen molar-refractivity contribution in [3.05, 3.63) is 28.5 Å². The lowest BCUT2D eigenvalue weighted by atomic mass is 9.68. The summed E-state index contributed by atoms with van der Waals surface area (Å²) in [4.78, 5) is 4.36. The van der Waals surface area contributed by atoms with Gasteiger partial charge in [-0.3, -0.25) is 4.98 Å². The number of hydrogen-bond acceptors (Lipinski definition) is 2. The second-order valence-corrected chi connectivity index (χ2v) is 8.13. The van der Waals surface area contributed by atoms with Crippen LogP contribution in [-0.4, -0.2) is 16.2 Å². The molecule has 1 atom stereocenters. The Morgan fingerprint density at radius 3 is 2.40 bits per heavy atom. The molecule has 3 heteroatoms. The quantitative estimate of drug-likeness (QED) is 0.872. The average Bonchev–Trinajstić information content (AvgIpc) is 2.40. The summed E-state index contributed by atoms with van der Waals surface area (Å²) in [6, 6.07) is 3.99. The van der Waals surface area contributed by atoms with Crippen LogP contribution in [-0.2, 0) is 6.42 Å². The Bertz CT molecular complexity index is 416. The van der Waals surface area contributed by atoms with Crippen molar-refractivity contribution in [2.75, 3.05) is 0 Å². The molecule has 1 saturated carbocycles. The minimum absolute atomic E-state index is 0.246. The van der Waals surface area contributed by atoms with Gasteiger partial charge in [-0.2, -0.15) is 0 Å². The molecule has 1 aliphatic rings. The summed E-state index contributed by atoms with van der Waals surface area (Å²) >= 11 is 3.39. The number of hydrogen-bond donors (Lipinski definition) is 1. The molecule has 0 aromatic carbocycles. The molecule has 0 amide bonds. The van der Waals surface area contributed by atoms with E-state index in [0.717, 1.165) is 28.9 Å². The predicted molar refractivity (Wildman–Crippen MR) is 86.6 cm³/mol. The molecule has 0 saturated heterocycles. The molecular weight excluding hydrogens is 314 g/mol. The van der Waals surface area contributed by atoms with Crippen LogP contribution in [0.2, 0.25) is 0 Å². The molecule has 2 rings (SSSR count). The molecule has 20 heavy (non-hydrogen) atoms. The SMILES string of the molecule is CC(C)(C)C1CCC(C(O)Cc2ccc(Br)cn2)CC1. The molecule has 1 N–H and O–H groups in total. The number of halogens is 1. The van der Waals surface area contributed by atoms with Crippen LogP contribution in [0.4, 0.5) is 0 Å². The van der Waals surface area contributed by atoms with Gasteiger partial charge in [0.1, 0.15) is 0 Å². The second-order valence-electron chi connectivity index (χ2n) is 7.22. The van der Waals surface area contributed by atoms with Gasteiger partial charge >= 0.3 is 0 Å². The Morgan fingerprint density at radius 2 is 1.90 bits per heavy atom. The van der Waals surface area contributed by atoms with Crippen LogP contribution in [0.25, 0.3) is 0 Å². The zero-order valence-corrected chi connectivity index (χ0v) is 14.4. The van der Waals surface area contributed by atoms with Crippen molar-refractivity contribution in [1.82, 2.24) is 4.98 Å². The first-order chi connectivity index (χ1) is 9.36. The standard InChI is InChI=1S/C17H26BrNO/c1-17(2,3)13-6-4-12(5-7-13)16(20)10-15-9-8-14(18)11-19-15/h8-9,11-13,16,20H,4-7,10H2,1-3H3. The lowest BCUT2D eigenvalue weighted by Crippen LogP contribution is -2.31. The van der Waals surface area contributed by atoms with E-state index in [9.17, 15) is 5.11 Å². The Labute approximate surface area is 131 Å². The molecule has 1 fully saturated rings. The van der Waals surface area contributed by atoms with Gasteiger partial charge in [-0.25, -0.2) is 0 Å². The molecule has 0 radical (unpaired) electrons. The normalized spacial score (nSPS) is 25.4. The number of aromatic nitrogens is 1. The minimum Gasteiger partial charge on any atom is -0.392 e. The van der Waals surface area contributed by atoms with Gasteiger partial charge in [0, 0.05) is 22.8 Å². The summed E-state index contributed by atoms with van der Waals surface area (Å²) in [5, 5.41) is 10.4. The van der Waals surface area contributed by atoms with E-state index in [1.807, 2.05) is 12.1 Å². The summed E-state index contributed by atoms with van der Waals surface area (Å²) < 4.78 is 0.987. The lowest BCUT2D eigenvalue weighted by molar-refractivity contribution is 0.0531. The van der Waals surface area contributed by atoms with Gasteiger partial charge in [-0.05, 0) is 71.0 Å². The van der Waals surface area contributed by atoms with Gasteiger partial charge in [0.05, 0.1) is 6.10 Å². The summed E-state index contributed by atoms with van der Waals surface area (Å²) in [6.45, 7) is 7.00. The van der Waals surface area contributed by atoms with E-state index in [0.29, 0.717) is 17.8 Å². The lowest BCUT2D eigenvalue weighted by Gasteiger charge is -2.38. The van der Waals surface area contributed by atoms with Crippen LogP contribution in [0.3, 0.4) is 0 Å². The Morgan fingerprint density at radius 1 is 1.25 bits per heavy atom. The van der Waals surface area contributed by atoms with Gasteiger partial charge in [0.2, 0.25) is 0 Å². The highest BCUT2D eigenvalue weighted by Crippen LogP contribution is 2.40. The molecule has 1 aliphatic carbocycles. The third-order valence-corrected chi connectivity index (χ3v) is 5.22. The molecular formula is C17H26BrNO. The smallest absolute Gasteiger partial charge is 0.0623 e. The Hall–Kier alpha value is -0.410. The highest BCUT2D eigenvalue weighted by atomic mass is 79.9. The second kappa shape index (κ2) is 6.57. The third-order valence-electron chi connectivity index (χ3n) is 4.75. The van der Waals surface area contributed by atoms with Crippen molar-refractivity contribution in [2.24, 2.45) is 17.3 Å². The van der Waals surface area contributed by atoms with Gasteiger partial charge < -0.3 is 5.11 Å². The van der Waals surface area contributed by atoms with E-state index in [1.165, 1.54) is 12.8 Å². The monoisotopic (exact) mass is 339 g/mol. The van der Waals surface area contributed by atoms with Crippen molar-refractivity contribution in [2.45, 2.75) is 59.0 Å². The first-order valence-electron chi connectivity index (χ1n) is 7.65. The van der Waals surface area contributed by atoms with Crippen molar-refractivity contribution in [3.63, 3.8) is 0 Å². The Kier molecular flexibility index (Phi) is 5.25. The van der Waals surface area contributed by atoms with Crippen molar-refractivity contribution < 1.29 is 5.11 Å². The van der Waals surface area contributed by atoms with Crippen LogP contribution in [0.5, 0.6) is 0 Å². The fourth-order valence-electron chi connectivity index (χ4n) is 3.28. The number of nitrogens with zero attached hydrogens (tertiary/aromatic N) is 1. The van der Waals surface area contributed by atoms with E-state index in [2.05, 4.69) is 41.7 Å². The van der Waals surface area contributed by atoms with Crippen molar-refractivity contribution in [3.8, 4) is 0 Å². The molecule has 1 unspecified atom stereocenters. The minimum atomic E-state index is -0.246. The largest absolute Gasteiger partial charge is 0.392 e. The van der Waals surface area contributed by atoms with Crippen molar-refractivity contribution in [1.29, 1.82) is 0 Å². The van der Waals surface area contributed by atoms with Crippen LogP contribution >= 0.6 is 15.9 Å². The summed E-state index contributed by atoms with van der Waals surface area (Å²) in [7, 11) is 0. The van der Waals surface area contributed by atoms with E-state index in [1.54, 1.807) is 6.20 Å². The van der Waals surface area contributed by atoms with E-state index < -0.39 is 0 Å². The van der Waals surface area contributed by atoms with Gasteiger partial charge in [-0.1, -0.05) is 20.8 Å². The van der Waals surface area contributed by atoms with Crippen molar-refractivity contribution >= 4 is 15.9 Å². The highest BCUT2D eigenvalue weighted by molar-refractivity contribution is 9.10. The number of rotatable bonds is 3. The van der Waals surface area contributed by atoms with Gasteiger partial charge in [0.25, 0.3) is 0 Å². The first kappa shape index (κ1) is 16.0. The highest BCUT2D eigenvalue weighted by Gasteiger charge is 2.32. The van der Waals surface area contributed by atoms with Crippen LogP contribution in [0.1, 0.15) is 52.1 Å². The summed E-state index contributed by atoms with van der Waals surface area (Å²) in [5.74, 6) is 1.25. The van der Waals surface area contributed by atoms with Gasteiger partial charge in [-0.15, -0.1) is 0 Å². The predicted octanol–water partition coefficient (Wildman–Crippen LogP) is 4.60. The summed E-state index contributed by atoms with van der Waals surface area (Å²) in [5.41, 5.74) is 1.39. The zero-order chi connectivity index (χ0) is 14.8. The molecule has 1 aromatic rings. The van der Waals surface area contributed by atoms with E-state index >= 15 is 0 Å². The maximum atomic E-state index is 10.4. The molecule has 0 aliphatic heterocycles. The van der Waals surface area contributed by atoms with E-state index in [-0.39, 0.29) is 6.10 Å². The maximum absolute atomic E-state index is 10.4. The zero-order valence-electron chi connectivity index (χ0n) is 12.8. The molecule has 112 valence electrons. The molecule has 0 spiro atoms. The number of pyridine rings is 1. The van der Waals surface area contributed by atoms with E-state index in [4.69, 9.17) is 0 Å². The van der Waals surface area contributed by atoms with Crippen LogP contribution in [0.15, 0.2) is 22.8 Å². The fourth-order valence-corrected chi connectivity index (χ4v) is 3.51. The number of aliphatic hydroxyl groups excluding tert-OH is 1. The summed E-state index contributed by atoms with van der Waals surface area (Å²) in [6.07, 6.45) is 7.04. The number of aliphatic hydroxyl groups is 1. The third kappa shape index (κ3) is 4.29. The van der Waals surface area contributed by atoms with Crippen LogP contribution < -0.4 is 0 Å². The first-order valence-corrected chi connectivity index (χ1v) is 8.44. The Balaban J connectivity index is 1.85. The molecule has 1 heterocycles. The van der Waals surface area contributed by atoms with Gasteiger partial charge in [0.15, 0.2) is 0 Å².